The van der Waals surface area contributed by atoms with E-state index in [1.165, 1.54) is 10.8 Å². The van der Waals surface area contributed by atoms with Crippen molar-refractivity contribution in [3.05, 3.63) is 70.6 Å². The van der Waals surface area contributed by atoms with E-state index in [-0.39, 0.29) is 11.5 Å². The van der Waals surface area contributed by atoms with Crippen LogP contribution in [0.25, 0.3) is 21.8 Å². The van der Waals surface area contributed by atoms with Crippen LogP contribution in [0.4, 0.5) is 5.95 Å². The van der Waals surface area contributed by atoms with Crippen molar-refractivity contribution in [3.63, 3.8) is 0 Å². The average Bonchev–Trinajstić information content (AvgIpc) is 2.90. The molecule has 3 N–H and O–H groups in total. The lowest BCUT2D eigenvalue weighted by molar-refractivity contribution is 0.825. The Morgan fingerprint density at radius 1 is 1.09 bits per heavy atom. The second kappa shape index (κ2) is 4.73. The van der Waals surface area contributed by atoms with Crippen molar-refractivity contribution in [1.29, 1.82) is 0 Å². The minimum absolute atomic E-state index is 0.135. The van der Waals surface area contributed by atoms with Crippen molar-refractivity contribution in [2.75, 3.05) is 5.73 Å². The molecule has 0 amide bonds. The van der Waals surface area contributed by atoms with Gasteiger partial charge in [-0.25, -0.2) is 0 Å². The molecular weight excluding hydrogens is 276 g/mol. The summed E-state index contributed by atoms with van der Waals surface area (Å²) in [7, 11) is 0. The van der Waals surface area contributed by atoms with Crippen LogP contribution in [0.15, 0.2) is 59.5 Å². The minimum atomic E-state index is -0.209. The van der Waals surface area contributed by atoms with Gasteiger partial charge in [-0.3, -0.25) is 9.78 Å². The van der Waals surface area contributed by atoms with Crippen LogP contribution < -0.4 is 11.3 Å². The smallest absolute Gasteiger partial charge is 0.261 e. The van der Waals surface area contributed by atoms with E-state index in [9.17, 15) is 4.79 Å². The molecular formula is C17H14N4O. The maximum atomic E-state index is 11.9. The van der Waals surface area contributed by atoms with Gasteiger partial charge in [0, 0.05) is 12.7 Å². The summed E-state index contributed by atoms with van der Waals surface area (Å²) >= 11 is 0. The highest BCUT2D eigenvalue weighted by atomic mass is 16.1. The largest absolute Gasteiger partial charge is 0.369 e. The maximum Gasteiger partial charge on any atom is 0.261 e. The first kappa shape index (κ1) is 12.6. The number of aromatic nitrogens is 3. The number of aromatic amines is 1. The molecule has 0 aliphatic heterocycles. The van der Waals surface area contributed by atoms with E-state index >= 15 is 0 Å². The molecule has 5 heteroatoms. The number of nitrogen functional groups attached to an aromatic ring is 1. The van der Waals surface area contributed by atoms with Gasteiger partial charge >= 0.3 is 0 Å². The first-order chi connectivity index (χ1) is 10.7. The summed E-state index contributed by atoms with van der Waals surface area (Å²) < 4.78 is 1.94. The molecule has 0 saturated carbocycles. The van der Waals surface area contributed by atoms with Crippen LogP contribution in [0.1, 0.15) is 5.56 Å². The zero-order chi connectivity index (χ0) is 15.1. The van der Waals surface area contributed by atoms with Gasteiger partial charge in [0.2, 0.25) is 5.95 Å². The molecule has 0 aliphatic rings. The number of anilines is 1. The van der Waals surface area contributed by atoms with Crippen LogP contribution >= 0.6 is 0 Å². The van der Waals surface area contributed by atoms with Gasteiger partial charge in [-0.1, -0.05) is 36.4 Å². The number of nitrogens with two attached hydrogens (primary N) is 1. The van der Waals surface area contributed by atoms with Crippen molar-refractivity contribution in [2.45, 2.75) is 6.54 Å². The van der Waals surface area contributed by atoms with Crippen LogP contribution in [0.5, 0.6) is 0 Å². The predicted molar refractivity (Wildman–Crippen MR) is 87.8 cm³/mol. The minimum Gasteiger partial charge on any atom is -0.369 e. The van der Waals surface area contributed by atoms with Crippen LogP contribution in [0.2, 0.25) is 0 Å². The highest BCUT2D eigenvalue weighted by Gasteiger charge is 2.08. The molecule has 0 atom stereocenters. The Hall–Kier alpha value is -3.08. The van der Waals surface area contributed by atoms with E-state index in [4.69, 9.17) is 5.73 Å². The highest BCUT2D eigenvalue weighted by Crippen LogP contribution is 2.18. The maximum absolute atomic E-state index is 11.9. The van der Waals surface area contributed by atoms with Crippen molar-refractivity contribution in [1.82, 2.24) is 14.5 Å². The number of nitrogens with one attached hydrogen (secondary N) is 1. The van der Waals surface area contributed by atoms with Crippen LogP contribution in [0, 0.1) is 0 Å². The van der Waals surface area contributed by atoms with E-state index in [1.54, 1.807) is 6.07 Å². The summed E-state index contributed by atoms with van der Waals surface area (Å²) in [6.07, 6.45) is 1.86. The van der Waals surface area contributed by atoms with E-state index in [0.29, 0.717) is 17.6 Å². The Labute approximate surface area is 126 Å². The molecule has 0 saturated heterocycles. The molecule has 0 aliphatic carbocycles. The van der Waals surface area contributed by atoms with E-state index < -0.39 is 0 Å². The van der Waals surface area contributed by atoms with Crippen LogP contribution in [-0.4, -0.2) is 14.5 Å². The summed E-state index contributed by atoms with van der Waals surface area (Å²) in [5, 5.41) is 2.96. The van der Waals surface area contributed by atoms with Gasteiger partial charge < -0.3 is 10.3 Å². The first-order valence-electron chi connectivity index (χ1n) is 7.03. The molecule has 0 unspecified atom stereocenters. The molecule has 108 valence electrons. The molecule has 2 heterocycles. The molecule has 4 aromatic rings. The van der Waals surface area contributed by atoms with Gasteiger partial charge in [0.15, 0.2) is 0 Å². The van der Waals surface area contributed by atoms with Crippen molar-refractivity contribution in [2.24, 2.45) is 0 Å². The molecule has 0 spiro atoms. The van der Waals surface area contributed by atoms with E-state index in [1.807, 2.05) is 22.9 Å². The fourth-order valence-electron chi connectivity index (χ4n) is 2.75. The Morgan fingerprint density at radius 2 is 1.91 bits per heavy atom. The number of fused-ring (bicyclic) bond motifs is 2. The number of hydrogen-bond donors (Lipinski definition) is 2. The third-order valence-corrected chi connectivity index (χ3v) is 3.81. The quantitative estimate of drug-likeness (QED) is 0.595. The Morgan fingerprint density at radius 3 is 2.77 bits per heavy atom. The fourth-order valence-corrected chi connectivity index (χ4v) is 2.75. The number of H-pyrrole nitrogens is 1. The lowest BCUT2D eigenvalue weighted by Gasteiger charge is -2.07. The van der Waals surface area contributed by atoms with Gasteiger partial charge in [0.05, 0.1) is 5.39 Å². The van der Waals surface area contributed by atoms with Crippen molar-refractivity contribution in [3.8, 4) is 0 Å². The fraction of sp³-hybridized carbons (Fsp3) is 0.0588. The SMILES string of the molecule is Nc1nc2c(ccn2Cc2ccc3ccccc3c2)c(=O)[nH]1. The van der Waals surface area contributed by atoms with Crippen molar-refractivity contribution < 1.29 is 0 Å². The Kier molecular flexibility index (Phi) is 2.72. The summed E-state index contributed by atoms with van der Waals surface area (Å²) in [6, 6.07) is 16.3. The number of benzene rings is 2. The average molecular weight is 290 g/mol. The summed E-state index contributed by atoms with van der Waals surface area (Å²) in [4.78, 5) is 18.6. The highest BCUT2D eigenvalue weighted by molar-refractivity contribution is 5.83. The molecule has 2 aromatic carbocycles. The normalized spacial score (nSPS) is 11.3. The first-order valence-corrected chi connectivity index (χ1v) is 7.03. The molecule has 2 aromatic heterocycles. The monoisotopic (exact) mass is 290 g/mol. The zero-order valence-electron chi connectivity index (χ0n) is 11.8. The summed E-state index contributed by atoms with van der Waals surface area (Å²) in [5.74, 6) is 0.135. The standard InChI is InChI=1S/C17H14N4O/c18-17-19-15-14(16(22)20-17)7-8-21(15)10-11-5-6-12-3-1-2-4-13(12)9-11/h1-9H,10H2,(H3,18,19,20,22). The molecule has 22 heavy (non-hydrogen) atoms. The molecule has 5 nitrogen and oxygen atoms in total. The lowest BCUT2D eigenvalue weighted by atomic mass is 10.1. The zero-order valence-corrected chi connectivity index (χ0v) is 11.8. The predicted octanol–water partition coefficient (Wildman–Crippen LogP) is 2.51. The summed E-state index contributed by atoms with van der Waals surface area (Å²) in [6.45, 7) is 0.643. The van der Waals surface area contributed by atoms with Gasteiger partial charge in [0.1, 0.15) is 5.65 Å². The second-order valence-corrected chi connectivity index (χ2v) is 5.31. The lowest BCUT2D eigenvalue weighted by Crippen LogP contribution is -2.12. The Balaban J connectivity index is 1.80. The van der Waals surface area contributed by atoms with E-state index in [0.717, 1.165) is 5.56 Å². The van der Waals surface area contributed by atoms with Gasteiger partial charge in [-0.05, 0) is 28.5 Å². The Bertz CT molecular complexity index is 1050. The molecule has 0 radical (unpaired) electrons. The number of hydrogen-bond acceptors (Lipinski definition) is 3. The van der Waals surface area contributed by atoms with Gasteiger partial charge in [-0.15, -0.1) is 0 Å². The third-order valence-electron chi connectivity index (χ3n) is 3.81. The van der Waals surface area contributed by atoms with Gasteiger partial charge in [-0.2, -0.15) is 4.98 Å². The van der Waals surface area contributed by atoms with Gasteiger partial charge in [0.25, 0.3) is 5.56 Å². The topological polar surface area (TPSA) is 76.7 Å². The van der Waals surface area contributed by atoms with Crippen LogP contribution in [0.3, 0.4) is 0 Å². The van der Waals surface area contributed by atoms with Crippen molar-refractivity contribution >= 4 is 27.8 Å². The molecule has 4 rings (SSSR count). The molecule has 0 bridgehead atoms. The third kappa shape index (κ3) is 2.03. The summed E-state index contributed by atoms with van der Waals surface area (Å²) in [5.41, 5.74) is 7.19. The molecule has 0 fully saturated rings. The number of rotatable bonds is 2. The second-order valence-electron chi connectivity index (χ2n) is 5.31. The van der Waals surface area contributed by atoms with E-state index in [2.05, 4.69) is 40.3 Å². The number of nitrogens with zero attached hydrogens (tertiary/aromatic N) is 2. The van der Waals surface area contributed by atoms with Crippen LogP contribution in [-0.2, 0) is 6.54 Å².